The zero-order valence-electron chi connectivity index (χ0n) is 10.3. The van der Waals surface area contributed by atoms with Crippen molar-refractivity contribution in [2.75, 3.05) is 19.8 Å². The molecule has 0 bridgehead atoms. The van der Waals surface area contributed by atoms with Crippen molar-refractivity contribution in [2.24, 2.45) is 16.8 Å². The Balaban J connectivity index is 1.81. The quantitative estimate of drug-likeness (QED) is 0.729. The first-order valence-electron chi connectivity index (χ1n) is 6.24. The van der Waals surface area contributed by atoms with E-state index in [2.05, 4.69) is 11.9 Å². The second kappa shape index (κ2) is 3.93. The highest BCUT2D eigenvalue weighted by atomic mass is 16.7. The van der Waals surface area contributed by atoms with Gasteiger partial charge in [-0.15, -0.1) is 0 Å². The number of aliphatic imine (C=N–C) groups is 1. The molecule has 3 aliphatic heterocycles. The first-order valence-corrected chi connectivity index (χ1v) is 6.24. The smallest absolute Gasteiger partial charge is 0.234 e. The molecule has 0 aromatic heterocycles. The zero-order valence-corrected chi connectivity index (χ0v) is 10.3. The van der Waals surface area contributed by atoms with Crippen molar-refractivity contribution < 1.29 is 19.3 Å². The van der Waals surface area contributed by atoms with Crippen LogP contribution in [0.4, 0.5) is 0 Å². The summed E-state index contributed by atoms with van der Waals surface area (Å²) in [5, 5.41) is 9.49. The number of hydrogen-bond acceptors (Lipinski definition) is 5. The molecule has 0 radical (unpaired) electrons. The summed E-state index contributed by atoms with van der Waals surface area (Å²) in [7, 11) is 0. The fraction of sp³-hybridized carbons (Fsp3) is 0.917. The summed E-state index contributed by atoms with van der Waals surface area (Å²) in [5.74, 6) is 0.669. The second-order valence-electron chi connectivity index (χ2n) is 5.32. The molecule has 3 rings (SSSR count). The van der Waals surface area contributed by atoms with E-state index in [1.165, 1.54) is 0 Å². The van der Waals surface area contributed by atoms with Crippen LogP contribution in [0.3, 0.4) is 0 Å². The Labute approximate surface area is 101 Å². The van der Waals surface area contributed by atoms with Crippen LogP contribution in [0.2, 0.25) is 0 Å². The predicted octanol–water partition coefficient (Wildman–Crippen LogP) is 0.564. The molecule has 2 saturated heterocycles. The van der Waals surface area contributed by atoms with Crippen LogP contribution < -0.4 is 0 Å². The highest BCUT2D eigenvalue weighted by molar-refractivity contribution is 5.75. The molecule has 5 atom stereocenters. The third-order valence-corrected chi connectivity index (χ3v) is 4.02. The van der Waals surface area contributed by atoms with Crippen LogP contribution in [0.1, 0.15) is 20.3 Å². The van der Waals surface area contributed by atoms with Crippen LogP contribution >= 0.6 is 0 Å². The van der Waals surface area contributed by atoms with E-state index in [4.69, 9.17) is 14.2 Å². The fourth-order valence-corrected chi connectivity index (χ4v) is 3.27. The average molecular weight is 241 g/mol. The Morgan fingerprint density at radius 1 is 1.53 bits per heavy atom. The van der Waals surface area contributed by atoms with Gasteiger partial charge in [-0.1, -0.05) is 6.92 Å². The number of aliphatic hydroxyl groups is 1. The van der Waals surface area contributed by atoms with Crippen molar-refractivity contribution in [3.05, 3.63) is 0 Å². The Morgan fingerprint density at radius 2 is 2.35 bits per heavy atom. The maximum atomic E-state index is 9.49. The van der Waals surface area contributed by atoms with E-state index in [1.54, 1.807) is 0 Å². The SMILES string of the molecule is CC1=NCC2(CC3OCC(C)[C@@H]3C(CO)O2)O1. The summed E-state index contributed by atoms with van der Waals surface area (Å²) in [6.45, 7) is 5.24. The van der Waals surface area contributed by atoms with E-state index in [9.17, 15) is 5.11 Å². The average Bonchev–Trinajstić information content (AvgIpc) is 2.83. The topological polar surface area (TPSA) is 60.3 Å². The number of ether oxygens (including phenoxy) is 3. The van der Waals surface area contributed by atoms with E-state index in [-0.39, 0.29) is 24.7 Å². The Morgan fingerprint density at radius 3 is 3.00 bits per heavy atom. The molecular formula is C12H19NO4. The van der Waals surface area contributed by atoms with Crippen molar-refractivity contribution >= 4 is 5.90 Å². The summed E-state index contributed by atoms with van der Waals surface area (Å²) in [4.78, 5) is 4.25. The van der Waals surface area contributed by atoms with Crippen molar-refractivity contribution in [1.82, 2.24) is 0 Å². The molecule has 0 aromatic carbocycles. The standard InChI is InChI=1S/C12H19NO4/c1-7-5-15-9-3-12(6-13-8(2)16-12)17-10(4-14)11(7)9/h7,9-11,14H,3-6H2,1-2H3/t7?,9?,10?,11-,12?/m0/s1. The lowest BCUT2D eigenvalue weighted by atomic mass is 9.82. The Bertz CT molecular complexity index is 345. The minimum Gasteiger partial charge on any atom is -0.448 e. The van der Waals surface area contributed by atoms with Crippen LogP contribution in [0, 0.1) is 11.8 Å². The molecular weight excluding hydrogens is 222 g/mol. The van der Waals surface area contributed by atoms with Crippen LogP contribution in [-0.4, -0.2) is 48.8 Å². The van der Waals surface area contributed by atoms with Gasteiger partial charge >= 0.3 is 0 Å². The summed E-state index contributed by atoms with van der Waals surface area (Å²) < 4.78 is 17.5. The largest absolute Gasteiger partial charge is 0.448 e. The van der Waals surface area contributed by atoms with Crippen molar-refractivity contribution in [3.8, 4) is 0 Å². The van der Waals surface area contributed by atoms with E-state index in [0.29, 0.717) is 24.8 Å². The number of nitrogens with zero attached hydrogens (tertiary/aromatic N) is 1. The van der Waals surface area contributed by atoms with Gasteiger partial charge in [0.25, 0.3) is 0 Å². The summed E-state index contributed by atoms with van der Waals surface area (Å²) in [6, 6.07) is 0. The number of hydrogen-bond donors (Lipinski definition) is 1. The minimum absolute atomic E-state index is 0.0129. The van der Waals surface area contributed by atoms with Crippen LogP contribution in [0.25, 0.3) is 0 Å². The molecule has 0 aromatic rings. The summed E-state index contributed by atoms with van der Waals surface area (Å²) in [5.41, 5.74) is 0. The number of rotatable bonds is 1. The van der Waals surface area contributed by atoms with E-state index < -0.39 is 5.79 Å². The maximum absolute atomic E-state index is 9.49. The third kappa shape index (κ3) is 1.77. The van der Waals surface area contributed by atoms with Gasteiger partial charge in [0.1, 0.15) is 6.54 Å². The molecule has 3 heterocycles. The molecule has 2 fully saturated rings. The minimum atomic E-state index is -0.692. The summed E-state index contributed by atoms with van der Waals surface area (Å²) >= 11 is 0. The molecule has 1 spiro atoms. The second-order valence-corrected chi connectivity index (χ2v) is 5.32. The lowest BCUT2D eigenvalue weighted by molar-refractivity contribution is -0.269. The molecule has 4 unspecified atom stereocenters. The molecule has 0 aliphatic carbocycles. The molecule has 17 heavy (non-hydrogen) atoms. The molecule has 96 valence electrons. The van der Waals surface area contributed by atoms with Crippen molar-refractivity contribution in [3.63, 3.8) is 0 Å². The van der Waals surface area contributed by atoms with Crippen LogP contribution in [0.15, 0.2) is 4.99 Å². The Kier molecular flexibility index (Phi) is 2.65. The number of aliphatic hydroxyl groups excluding tert-OH is 1. The highest BCUT2D eigenvalue weighted by Gasteiger charge is 2.54. The van der Waals surface area contributed by atoms with E-state index in [1.807, 2.05) is 6.92 Å². The molecule has 0 amide bonds. The normalized spacial score (nSPS) is 49.0. The lowest BCUT2D eigenvalue weighted by Gasteiger charge is -2.43. The van der Waals surface area contributed by atoms with Gasteiger partial charge in [-0.2, -0.15) is 0 Å². The van der Waals surface area contributed by atoms with Gasteiger partial charge in [0.15, 0.2) is 5.90 Å². The molecule has 5 heteroatoms. The fourth-order valence-electron chi connectivity index (χ4n) is 3.27. The molecule has 3 aliphatic rings. The summed E-state index contributed by atoms with van der Waals surface area (Å²) in [6.07, 6.45) is 0.628. The zero-order chi connectivity index (χ0) is 12.0. The van der Waals surface area contributed by atoms with Gasteiger partial charge in [0, 0.05) is 25.9 Å². The van der Waals surface area contributed by atoms with Crippen molar-refractivity contribution in [2.45, 2.75) is 38.3 Å². The Hall–Kier alpha value is -0.650. The van der Waals surface area contributed by atoms with Crippen LogP contribution in [0.5, 0.6) is 0 Å². The van der Waals surface area contributed by atoms with E-state index in [0.717, 1.165) is 6.61 Å². The van der Waals surface area contributed by atoms with Crippen LogP contribution in [-0.2, 0) is 14.2 Å². The first kappa shape index (κ1) is 11.4. The van der Waals surface area contributed by atoms with E-state index >= 15 is 0 Å². The lowest BCUT2D eigenvalue weighted by Crippen LogP contribution is -2.54. The third-order valence-electron chi connectivity index (χ3n) is 4.02. The van der Waals surface area contributed by atoms with Gasteiger partial charge in [0.2, 0.25) is 5.79 Å². The molecule has 5 nitrogen and oxygen atoms in total. The van der Waals surface area contributed by atoms with Gasteiger partial charge in [-0.05, 0) is 5.92 Å². The van der Waals surface area contributed by atoms with Gasteiger partial charge in [0.05, 0.1) is 18.8 Å². The first-order chi connectivity index (χ1) is 8.13. The van der Waals surface area contributed by atoms with Gasteiger partial charge in [-0.3, -0.25) is 0 Å². The monoisotopic (exact) mass is 241 g/mol. The maximum Gasteiger partial charge on any atom is 0.234 e. The van der Waals surface area contributed by atoms with Gasteiger partial charge in [-0.25, -0.2) is 4.99 Å². The molecule has 0 saturated carbocycles. The molecule has 1 N–H and O–H groups in total. The van der Waals surface area contributed by atoms with Crippen molar-refractivity contribution in [1.29, 1.82) is 0 Å². The number of fused-ring (bicyclic) bond motifs is 1. The van der Waals surface area contributed by atoms with Gasteiger partial charge < -0.3 is 19.3 Å². The predicted molar refractivity (Wildman–Crippen MR) is 60.8 cm³/mol. The highest BCUT2D eigenvalue weighted by Crippen LogP contribution is 2.44.